The Bertz CT molecular complexity index is 872. The summed E-state index contributed by atoms with van der Waals surface area (Å²) in [6, 6.07) is 1.06. The molecule has 0 aromatic carbocycles. The maximum absolute atomic E-state index is 12.5. The fraction of sp³-hybridized carbons (Fsp3) is 0.714. The molecule has 0 bridgehead atoms. The van der Waals surface area contributed by atoms with E-state index in [0.29, 0.717) is 0 Å². The fourth-order valence-corrected chi connectivity index (χ4v) is 5.38. The van der Waals surface area contributed by atoms with Gasteiger partial charge in [0.2, 0.25) is 0 Å². The largest absolute Gasteiger partial charge is 0.409 e. The topological polar surface area (TPSA) is 73.3 Å². The van der Waals surface area contributed by atoms with Gasteiger partial charge in [0, 0.05) is 12.3 Å². The van der Waals surface area contributed by atoms with Crippen molar-refractivity contribution in [3.05, 3.63) is 45.3 Å². The summed E-state index contributed by atoms with van der Waals surface area (Å²) < 4.78 is 15.1. The lowest BCUT2D eigenvalue weighted by Crippen LogP contribution is -2.52. The van der Waals surface area contributed by atoms with Crippen molar-refractivity contribution in [2.45, 2.75) is 96.1 Å². The first kappa shape index (κ1) is 24.0. The van der Waals surface area contributed by atoms with E-state index in [0.717, 1.165) is 0 Å². The van der Waals surface area contributed by atoms with Crippen LogP contribution in [0.5, 0.6) is 0 Å². The Hall–Kier alpha value is -1.23. The van der Waals surface area contributed by atoms with Crippen LogP contribution in [-0.4, -0.2) is 38.4 Å². The van der Waals surface area contributed by atoms with E-state index in [1.807, 2.05) is 12.2 Å². The summed E-state index contributed by atoms with van der Waals surface area (Å²) in [4.78, 5) is 26.4. The van der Waals surface area contributed by atoms with Crippen molar-refractivity contribution < 1.29 is 8.85 Å². The third-order valence-electron chi connectivity index (χ3n) is 6.80. The van der Waals surface area contributed by atoms with Gasteiger partial charge in [0.25, 0.3) is 5.56 Å². The molecule has 8 heteroatoms. The second-order valence-electron chi connectivity index (χ2n) is 11.1. The van der Waals surface area contributed by atoms with Gasteiger partial charge in [0.05, 0.1) is 18.2 Å². The Morgan fingerprint density at radius 1 is 0.897 bits per heavy atom. The molecule has 3 atom stereocenters. The van der Waals surface area contributed by atoms with Gasteiger partial charge in [-0.15, -0.1) is 0 Å². The number of rotatable bonds is 5. The number of nitrogens with zero attached hydrogens (tertiary/aromatic N) is 1. The number of hydrogen-bond donors (Lipinski definition) is 1. The van der Waals surface area contributed by atoms with Crippen molar-refractivity contribution in [1.82, 2.24) is 9.55 Å². The second kappa shape index (κ2) is 7.79. The lowest BCUT2D eigenvalue weighted by Gasteiger charge is -2.44. The number of hydrogen-bond acceptors (Lipinski definition) is 4. The summed E-state index contributed by atoms with van der Waals surface area (Å²) in [5, 5.41) is 0.0902. The maximum Gasteiger partial charge on any atom is 0.328 e. The molecule has 0 saturated heterocycles. The molecule has 3 unspecified atom stereocenters. The molecule has 0 amide bonds. The molecule has 164 valence electrons. The predicted octanol–water partition coefficient (Wildman–Crippen LogP) is 4.43. The first-order chi connectivity index (χ1) is 13.0. The van der Waals surface area contributed by atoms with Gasteiger partial charge in [0.1, 0.15) is 0 Å². The minimum Gasteiger partial charge on any atom is -0.409 e. The third-order valence-corrected chi connectivity index (χ3v) is 15.8. The first-order valence-electron chi connectivity index (χ1n) is 10.3. The van der Waals surface area contributed by atoms with Crippen molar-refractivity contribution >= 4 is 16.6 Å². The molecule has 1 aromatic heterocycles. The van der Waals surface area contributed by atoms with Crippen molar-refractivity contribution in [2.75, 3.05) is 0 Å². The van der Waals surface area contributed by atoms with Crippen LogP contribution in [0.2, 0.25) is 36.3 Å². The molecule has 1 heterocycles. The highest BCUT2D eigenvalue weighted by atomic mass is 28.4. The highest BCUT2D eigenvalue weighted by molar-refractivity contribution is 6.74. The van der Waals surface area contributed by atoms with Gasteiger partial charge in [-0.1, -0.05) is 53.7 Å². The summed E-state index contributed by atoms with van der Waals surface area (Å²) in [7, 11) is -4.17. The highest BCUT2D eigenvalue weighted by Crippen LogP contribution is 2.43. The molecule has 0 fully saturated rings. The van der Waals surface area contributed by atoms with E-state index in [1.165, 1.54) is 6.07 Å². The lowest BCUT2D eigenvalue weighted by molar-refractivity contribution is 0.0500. The average Bonchev–Trinajstić information content (AvgIpc) is 2.86. The van der Waals surface area contributed by atoms with Crippen LogP contribution in [-0.2, 0) is 8.85 Å². The Morgan fingerprint density at radius 2 is 1.41 bits per heavy atom. The van der Waals surface area contributed by atoms with Gasteiger partial charge in [-0.3, -0.25) is 14.3 Å². The van der Waals surface area contributed by atoms with Crippen LogP contribution in [0.3, 0.4) is 0 Å². The molecule has 1 aliphatic rings. The minimum absolute atomic E-state index is 0.0254. The molecule has 1 N–H and O–H groups in total. The Balaban J connectivity index is 2.46. The highest BCUT2D eigenvalue weighted by Gasteiger charge is 2.47. The van der Waals surface area contributed by atoms with Gasteiger partial charge >= 0.3 is 5.69 Å². The van der Waals surface area contributed by atoms with Crippen LogP contribution in [0, 0.1) is 0 Å². The van der Waals surface area contributed by atoms with Crippen LogP contribution in [0.4, 0.5) is 0 Å². The van der Waals surface area contributed by atoms with E-state index < -0.39 is 27.9 Å². The molecule has 29 heavy (non-hydrogen) atoms. The summed E-state index contributed by atoms with van der Waals surface area (Å²) in [6.07, 6.45) is 5.02. The number of H-pyrrole nitrogens is 1. The molecule has 0 radical (unpaired) electrons. The summed E-state index contributed by atoms with van der Waals surface area (Å²) in [5.74, 6) is 0. The molecular formula is C21H38N2O4Si2. The van der Waals surface area contributed by atoms with Gasteiger partial charge < -0.3 is 8.85 Å². The predicted molar refractivity (Wildman–Crippen MR) is 124 cm³/mol. The summed E-state index contributed by atoms with van der Waals surface area (Å²) in [5.41, 5.74) is -0.826. The molecule has 0 saturated carbocycles. The molecule has 1 aliphatic carbocycles. The Morgan fingerprint density at radius 3 is 1.90 bits per heavy atom. The second-order valence-corrected chi connectivity index (χ2v) is 20.6. The third kappa shape index (κ3) is 5.10. The minimum atomic E-state index is -2.13. The van der Waals surface area contributed by atoms with Gasteiger partial charge in [-0.05, 0) is 36.3 Å². The molecule has 1 aromatic rings. The summed E-state index contributed by atoms with van der Waals surface area (Å²) >= 11 is 0. The van der Waals surface area contributed by atoms with Crippen LogP contribution in [0.15, 0.2) is 34.0 Å². The zero-order chi connectivity index (χ0) is 22.4. The zero-order valence-electron chi connectivity index (χ0n) is 19.6. The van der Waals surface area contributed by atoms with Crippen molar-refractivity contribution in [2.24, 2.45) is 0 Å². The molecule has 0 aliphatic heterocycles. The van der Waals surface area contributed by atoms with Crippen LogP contribution >= 0.6 is 0 Å². The number of aromatic amines is 1. The van der Waals surface area contributed by atoms with E-state index in [9.17, 15) is 9.59 Å². The van der Waals surface area contributed by atoms with E-state index >= 15 is 0 Å². The van der Waals surface area contributed by atoms with Crippen LogP contribution in [0.25, 0.3) is 0 Å². The Labute approximate surface area is 176 Å². The molecule has 0 spiro atoms. The average molecular weight is 439 g/mol. The SMILES string of the molecule is CC(C)(C)[Si](C)(C)OC1C=CC(n2ccc(=O)[nH]c2=O)C1O[Si](C)(C)C(C)(C)C. The smallest absolute Gasteiger partial charge is 0.328 e. The van der Waals surface area contributed by atoms with Crippen LogP contribution in [0.1, 0.15) is 47.6 Å². The van der Waals surface area contributed by atoms with E-state index in [-0.39, 0.29) is 28.3 Å². The van der Waals surface area contributed by atoms with E-state index in [1.54, 1.807) is 10.8 Å². The molecule has 6 nitrogen and oxygen atoms in total. The fourth-order valence-electron chi connectivity index (χ4n) is 2.83. The molecule has 2 rings (SSSR count). The normalized spacial score (nSPS) is 23.6. The quantitative estimate of drug-likeness (QED) is 0.545. The van der Waals surface area contributed by atoms with Crippen molar-refractivity contribution in [1.29, 1.82) is 0 Å². The lowest BCUT2D eigenvalue weighted by atomic mass is 10.2. The van der Waals surface area contributed by atoms with Crippen LogP contribution < -0.4 is 11.2 Å². The van der Waals surface area contributed by atoms with Crippen molar-refractivity contribution in [3.8, 4) is 0 Å². The van der Waals surface area contributed by atoms with E-state index in [4.69, 9.17) is 8.85 Å². The first-order valence-corrected chi connectivity index (χ1v) is 16.1. The number of nitrogens with one attached hydrogen (secondary N) is 1. The maximum atomic E-state index is 12.5. The van der Waals surface area contributed by atoms with Crippen molar-refractivity contribution in [3.63, 3.8) is 0 Å². The number of aromatic nitrogens is 2. The Kier molecular flexibility index (Phi) is 6.46. The van der Waals surface area contributed by atoms with E-state index in [2.05, 4.69) is 72.7 Å². The van der Waals surface area contributed by atoms with Gasteiger partial charge in [-0.25, -0.2) is 4.79 Å². The summed E-state index contributed by atoms with van der Waals surface area (Å²) in [6.45, 7) is 22.1. The van der Waals surface area contributed by atoms with Gasteiger partial charge in [0.15, 0.2) is 16.6 Å². The monoisotopic (exact) mass is 438 g/mol. The van der Waals surface area contributed by atoms with Gasteiger partial charge in [-0.2, -0.15) is 0 Å². The zero-order valence-corrected chi connectivity index (χ0v) is 21.6. The standard InChI is InChI=1S/C21H38N2O4Si2/c1-20(2,3)28(7,8)26-16-12-11-15(23-14-13-17(24)22-19(23)25)18(16)27-29(9,10)21(4,5)6/h11-16,18H,1-10H3,(H,22,24,25). The molecular weight excluding hydrogens is 400 g/mol.